The number of nitrogens with one attached hydrogen (secondary N) is 1. The van der Waals surface area contributed by atoms with E-state index in [1.807, 2.05) is 7.05 Å². The predicted molar refractivity (Wildman–Crippen MR) is 84.4 cm³/mol. The number of hydrogen-bond donors (Lipinski definition) is 1. The van der Waals surface area contributed by atoms with Gasteiger partial charge in [0.15, 0.2) is 0 Å². The first-order valence-corrected chi connectivity index (χ1v) is 8.07. The van der Waals surface area contributed by atoms with E-state index in [1.54, 1.807) is 11.3 Å². The van der Waals surface area contributed by atoms with Crippen molar-refractivity contribution in [2.45, 2.75) is 53.1 Å². The molecular formula is C15H24N4S. The van der Waals surface area contributed by atoms with Crippen molar-refractivity contribution in [2.75, 3.05) is 7.05 Å². The highest BCUT2D eigenvalue weighted by Crippen LogP contribution is 2.24. The van der Waals surface area contributed by atoms with Crippen molar-refractivity contribution in [3.8, 4) is 0 Å². The lowest BCUT2D eigenvalue weighted by atomic mass is 10.1. The Balaban J connectivity index is 2.25. The highest BCUT2D eigenvalue weighted by molar-refractivity contribution is 7.11. The maximum atomic E-state index is 4.65. The third-order valence-electron chi connectivity index (χ3n) is 3.68. The third-order valence-corrected chi connectivity index (χ3v) is 4.78. The van der Waals surface area contributed by atoms with Crippen LogP contribution in [0.3, 0.4) is 0 Å². The molecule has 2 rings (SSSR count). The lowest BCUT2D eigenvalue weighted by molar-refractivity contribution is 0.511. The van der Waals surface area contributed by atoms with Crippen LogP contribution in [0, 0.1) is 13.8 Å². The van der Waals surface area contributed by atoms with Gasteiger partial charge >= 0.3 is 0 Å². The van der Waals surface area contributed by atoms with Gasteiger partial charge in [0.05, 0.1) is 28.1 Å². The number of thiazole rings is 1. The molecule has 110 valence electrons. The van der Waals surface area contributed by atoms with Crippen LogP contribution in [0.2, 0.25) is 0 Å². The quantitative estimate of drug-likeness (QED) is 0.890. The molecule has 0 spiro atoms. The van der Waals surface area contributed by atoms with Crippen molar-refractivity contribution in [1.29, 1.82) is 0 Å². The van der Waals surface area contributed by atoms with Crippen LogP contribution in [0.4, 0.5) is 0 Å². The molecule has 2 aromatic heterocycles. The number of rotatable bonds is 6. The second-order valence-electron chi connectivity index (χ2n) is 5.02. The van der Waals surface area contributed by atoms with Gasteiger partial charge in [-0.2, -0.15) is 5.10 Å². The fraction of sp³-hybridized carbons (Fsp3) is 0.600. The topological polar surface area (TPSA) is 42.7 Å². The van der Waals surface area contributed by atoms with E-state index in [-0.39, 0.29) is 6.04 Å². The highest BCUT2D eigenvalue weighted by Gasteiger charge is 2.18. The van der Waals surface area contributed by atoms with Crippen molar-refractivity contribution in [2.24, 2.45) is 0 Å². The summed E-state index contributed by atoms with van der Waals surface area (Å²) in [6, 6.07) is 2.49. The Bertz CT molecular complexity index is 551. The average Bonchev–Trinajstić information content (AvgIpc) is 3.00. The smallest absolute Gasteiger partial charge is 0.0950 e. The number of aryl methyl sites for hydroxylation is 4. The largest absolute Gasteiger partial charge is 0.311 e. The third kappa shape index (κ3) is 3.10. The van der Waals surface area contributed by atoms with Crippen LogP contribution in [0.5, 0.6) is 0 Å². The van der Waals surface area contributed by atoms with E-state index in [9.17, 15) is 0 Å². The minimum absolute atomic E-state index is 0.271. The molecule has 0 bridgehead atoms. The van der Waals surface area contributed by atoms with Crippen LogP contribution in [0.25, 0.3) is 0 Å². The van der Waals surface area contributed by atoms with Gasteiger partial charge in [0, 0.05) is 17.8 Å². The Morgan fingerprint density at radius 3 is 2.60 bits per heavy atom. The minimum atomic E-state index is 0.271. The first kappa shape index (κ1) is 15.2. The predicted octanol–water partition coefficient (Wildman–Crippen LogP) is 3.04. The van der Waals surface area contributed by atoms with Gasteiger partial charge < -0.3 is 5.32 Å². The molecule has 0 saturated heterocycles. The average molecular weight is 292 g/mol. The van der Waals surface area contributed by atoms with E-state index in [2.05, 4.69) is 53.8 Å². The van der Waals surface area contributed by atoms with Crippen molar-refractivity contribution >= 4 is 11.3 Å². The second kappa shape index (κ2) is 6.50. The molecule has 0 radical (unpaired) electrons. The molecule has 1 N–H and O–H groups in total. The molecule has 0 aromatic carbocycles. The van der Waals surface area contributed by atoms with Crippen LogP contribution < -0.4 is 5.32 Å². The van der Waals surface area contributed by atoms with Gasteiger partial charge in [0.25, 0.3) is 0 Å². The zero-order chi connectivity index (χ0) is 14.7. The van der Waals surface area contributed by atoms with Gasteiger partial charge in [-0.25, -0.2) is 4.98 Å². The van der Waals surface area contributed by atoms with Crippen molar-refractivity contribution < 1.29 is 0 Å². The van der Waals surface area contributed by atoms with Gasteiger partial charge in [0.1, 0.15) is 0 Å². The Morgan fingerprint density at radius 2 is 2.10 bits per heavy atom. The molecule has 0 fully saturated rings. The fourth-order valence-electron chi connectivity index (χ4n) is 2.35. The summed E-state index contributed by atoms with van der Waals surface area (Å²) in [6.07, 6.45) is 1.90. The highest BCUT2D eigenvalue weighted by atomic mass is 32.1. The number of nitrogens with zero attached hydrogens (tertiary/aromatic N) is 3. The molecule has 2 aromatic rings. The summed E-state index contributed by atoms with van der Waals surface area (Å²) in [7, 11) is 2.01. The number of aromatic nitrogens is 3. The Morgan fingerprint density at radius 1 is 1.35 bits per heavy atom. The molecule has 0 amide bonds. The molecule has 20 heavy (non-hydrogen) atoms. The Labute approximate surface area is 125 Å². The maximum absolute atomic E-state index is 4.65. The molecule has 0 aliphatic rings. The van der Waals surface area contributed by atoms with E-state index >= 15 is 0 Å². The van der Waals surface area contributed by atoms with Crippen molar-refractivity contribution in [3.63, 3.8) is 0 Å². The SMILES string of the molecule is CCc1cc(C(Cc2nc(C)c(C)s2)NC)n(CC)n1. The standard InChI is InChI=1S/C15H24N4S/c1-6-12-8-14(19(7-2)18-12)13(16-5)9-15-17-10(3)11(4)20-15/h8,13,16H,6-7,9H2,1-5H3. The van der Waals surface area contributed by atoms with Crippen LogP contribution in [-0.4, -0.2) is 21.8 Å². The van der Waals surface area contributed by atoms with E-state index < -0.39 is 0 Å². The van der Waals surface area contributed by atoms with Gasteiger partial charge in [0.2, 0.25) is 0 Å². The van der Waals surface area contributed by atoms with Crippen molar-refractivity contribution in [1.82, 2.24) is 20.1 Å². The van der Waals surface area contributed by atoms with E-state index in [0.29, 0.717) is 0 Å². The summed E-state index contributed by atoms with van der Waals surface area (Å²) in [5.41, 5.74) is 3.57. The summed E-state index contributed by atoms with van der Waals surface area (Å²) in [5.74, 6) is 0. The summed E-state index contributed by atoms with van der Waals surface area (Å²) >= 11 is 1.80. The van der Waals surface area contributed by atoms with Crippen LogP contribution in [0.1, 0.15) is 46.9 Å². The van der Waals surface area contributed by atoms with E-state index in [4.69, 9.17) is 0 Å². The maximum Gasteiger partial charge on any atom is 0.0950 e. The molecule has 1 unspecified atom stereocenters. The summed E-state index contributed by atoms with van der Waals surface area (Å²) < 4.78 is 2.10. The normalized spacial score (nSPS) is 12.8. The molecular weight excluding hydrogens is 268 g/mol. The summed E-state index contributed by atoms with van der Waals surface area (Å²) in [6.45, 7) is 9.41. The zero-order valence-electron chi connectivity index (χ0n) is 13.0. The first-order valence-electron chi connectivity index (χ1n) is 7.25. The monoisotopic (exact) mass is 292 g/mol. The van der Waals surface area contributed by atoms with Gasteiger partial charge in [-0.05, 0) is 40.3 Å². The summed E-state index contributed by atoms with van der Waals surface area (Å²) in [4.78, 5) is 5.97. The molecule has 4 nitrogen and oxygen atoms in total. The number of likely N-dealkylation sites (N-methyl/N-ethyl adjacent to an activating group) is 1. The molecule has 0 saturated carbocycles. The van der Waals surface area contributed by atoms with Gasteiger partial charge in [-0.1, -0.05) is 6.92 Å². The van der Waals surface area contributed by atoms with E-state index in [1.165, 1.54) is 15.6 Å². The van der Waals surface area contributed by atoms with E-state index in [0.717, 1.165) is 30.8 Å². The van der Waals surface area contributed by atoms with Crippen molar-refractivity contribution in [3.05, 3.63) is 33.0 Å². The molecule has 1 atom stereocenters. The van der Waals surface area contributed by atoms with Crippen LogP contribution >= 0.6 is 11.3 Å². The second-order valence-corrected chi connectivity index (χ2v) is 6.31. The molecule has 5 heteroatoms. The lowest BCUT2D eigenvalue weighted by Crippen LogP contribution is -2.22. The Hall–Kier alpha value is -1.20. The molecule has 0 aliphatic heterocycles. The zero-order valence-corrected chi connectivity index (χ0v) is 13.8. The minimum Gasteiger partial charge on any atom is -0.311 e. The fourth-order valence-corrected chi connectivity index (χ4v) is 3.33. The first-order chi connectivity index (χ1) is 9.58. The molecule has 2 heterocycles. The molecule has 0 aliphatic carbocycles. The van der Waals surface area contributed by atoms with Gasteiger partial charge in [-0.15, -0.1) is 11.3 Å². The van der Waals surface area contributed by atoms with Crippen LogP contribution in [-0.2, 0) is 19.4 Å². The summed E-state index contributed by atoms with van der Waals surface area (Å²) in [5, 5.41) is 9.25. The van der Waals surface area contributed by atoms with Gasteiger partial charge in [-0.3, -0.25) is 4.68 Å². The van der Waals surface area contributed by atoms with Crippen LogP contribution in [0.15, 0.2) is 6.07 Å². The Kier molecular flexibility index (Phi) is 4.94. The number of hydrogen-bond acceptors (Lipinski definition) is 4. The lowest BCUT2D eigenvalue weighted by Gasteiger charge is -2.16.